The number of hydrogen-bond donors (Lipinski definition) is 1. The summed E-state index contributed by atoms with van der Waals surface area (Å²) in [6, 6.07) is 5.55. The van der Waals surface area contributed by atoms with Gasteiger partial charge in [-0.25, -0.2) is 4.79 Å². The highest BCUT2D eigenvalue weighted by Crippen LogP contribution is 2.51. The summed E-state index contributed by atoms with van der Waals surface area (Å²) in [4.78, 5) is 21.6. The third-order valence-electron chi connectivity index (χ3n) is 3.29. The van der Waals surface area contributed by atoms with Gasteiger partial charge in [-0.05, 0) is 30.5 Å². The molecule has 0 unspecified atom stereocenters. The van der Waals surface area contributed by atoms with Gasteiger partial charge < -0.3 is 9.52 Å². The Kier molecular flexibility index (Phi) is 2.13. The van der Waals surface area contributed by atoms with Crippen molar-refractivity contribution in [1.82, 2.24) is 0 Å². The zero-order valence-electron chi connectivity index (χ0n) is 8.93. The molecule has 0 saturated heterocycles. The predicted molar refractivity (Wildman–Crippen MR) is 63.5 cm³/mol. The Hall–Kier alpha value is -1.62. The molecule has 1 aromatic heterocycles. The maximum Gasteiger partial charge on any atom is 0.396 e. The van der Waals surface area contributed by atoms with Gasteiger partial charge in [-0.1, -0.05) is 17.4 Å². The Balaban J connectivity index is 2.06. The predicted octanol–water partition coefficient (Wildman–Crippen LogP) is 2.36. The zero-order valence-corrected chi connectivity index (χ0v) is 9.75. The molecule has 1 aromatic carbocycles. The van der Waals surface area contributed by atoms with E-state index in [1.165, 1.54) is 0 Å². The van der Waals surface area contributed by atoms with Crippen LogP contribution in [0.2, 0.25) is 0 Å². The van der Waals surface area contributed by atoms with Gasteiger partial charge in [0, 0.05) is 5.41 Å². The number of rotatable bonds is 3. The van der Waals surface area contributed by atoms with E-state index in [9.17, 15) is 9.59 Å². The SMILES string of the molecule is O=C(O)CC1(c2ccc3sc(=O)oc3c2)CC1. The largest absolute Gasteiger partial charge is 0.481 e. The Morgan fingerprint density at radius 1 is 1.47 bits per heavy atom. The number of hydrogen-bond acceptors (Lipinski definition) is 4. The first-order chi connectivity index (χ1) is 8.09. The first-order valence-electron chi connectivity index (χ1n) is 5.35. The van der Waals surface area contributed by atoms with Crippen LogP contribution in [0.5, 0.6) is 0 Å². The Bertz CT molecular complexity index is 648. The van der Waals surface area contributed by atoms with Crippen LogP contribution >= 0.6 is 11.3 Å². The molecular weight excluding hydrogens is 240 g/mol. The Morgan fingerprint density at radius 3 is 2.88 bits per heavy atom. The van der Waals surface area contributed by atoms with Crippen LogP contribution in [-0.4, -0.2) is 11.1 Å². The normalized spacial score (nSPS) is 17.2. The zero-order chi connectivity index (χ0) is 12.0. The van der Waals surface area contributed by atoms with Crippen LogP contribution in [0.15, 0.2) is 27.4 Å². The molecule has 0 atom stereocenters. The average Bonchev–Trinajstić information content (AvgIpc) is 2.91. The lowest BCUT2D eigenvalue weighted by molar-refractivity contribution is -0.137. The molecular formula is C12H10O4S. The summed E-state index contributed by atoms with van der Waals surface area (Å²) in [7, 11) is 0. The monoisotopic (exact) mass is 250 g/mol. The van der Waals surface area contributed by atoms with Crippen molar-refractivity contribution in [2.45, 2.75) is 24.7 Å². The molecule has 4 nitrogen and oxygen atoms in total. The van der Waals surface area contributed by atoms with Crippen molar-refractivity contribution in [1.29, 1.82) is 0 Å². The molecule has 0 spiro atoms. The number of benzene rings is 1. The lowest BCUT2D eigenvalue weighted by Gasteiger charge is -2.12. The second-order valence-electron chi connectivity index (χ2n) is 4.47. The van der Waals surface area contributed by atoms with Crippen molar-refractivity contribution in [3.05, 3.63) is 33.5 Å². The molecule has 1 aliphatic carbocycles. The molecule has 0 aliphatic heterocycles. The van der Waals surface area contributed by atoms with Gasteiger partial charge in [0.2, 0.25) is 0 Å². The van der Waals surface area contributed by atoms with Crippen molar-refractivity contribution in [3.63, 3.8) is 0 Å². The van der Waals surface area contributed by atoms with Crippen LogP contribution in [0, 0.1) is 0 Å². The summed E-state index contributed by atoms with van der Waals surface area (Å²) in [5.41, 5.74) is 1.30. The summed E-state index contributed by atoms with van der Waals surface area (Å²) < 4.78 is 5.86. The van der Waals surface area contributed by atoms with Crippen LogP contribution in [0.25, 0.3) is 10.3 Å². The molecule has 1 fully saturated rings. The summed E-state index contributed by atoms with van der Waals surface area (Å²) in [6.07, 6.45) is 1.92. The molecule has 5 heteroatoms. The molecule has 17 heavy (non-hydrogen) atoms. The standard InChI is InChI=1S/C12H10O4S/c13-10(14)6-12(3-4-12)7-1-2-9-8(5-7)16-11(15)17-9/h1-2,5H,3-4,6H2,(H,13,14). The van der Waals surface area contributed by atoms with Crippen LogP contribution in [0.1, 0.15) is 24.8 Å². The van der Waals surface area contributed by atoms with Crippen molar-refractivity contribution in [3.8, 4) is 0 Å². The lowest BCUT2D eigenvalue weighted by atomic mass is 9.92. The van der Waals surface area contributed by atoms with Crippen molar-refractivity contribution in [2.24, 2.45) is 0 Å². The number of carboxylic acids is 1. The van der Waals surface area contributed by atoms with Crippen LogP contribution in [-0.2, 0) is 10.2 Å². The smallest absolute Gasteiger partial charge is 0.396 e. The van der Waals surface area contributed by atoms with Crippen molar-refractivity contribution in [2.75, 3.05) is 0 Å². The van der Waals surface area contributed by atoms with E-state index in [-0.39, 0.29) is 16.8 Å². The fraction of sp³-hybridized carbons (Fsp3) is 0.333. The summed E-state index contributed by atoms with van der Waals surface area (Å²) in [5, 5.41) is 8.90. The first kappa shape index (κ1) is 10.5. The van der Waals surface area contributed by atoms with Gasteiger partial charge in [0.05, 0.1) is 11.1 Å². The molecule has 3 rings (SSSR count). The van der Waals surface area contributed by atoms with E-state index in [2.05, 4.69) is 0 Å². The Morgan fingerprint density at radius 2 is 2.24 bits per heavy atom. The second kappa shape index (κ2) is 3.43. The molecule has 0 bridgehead atoms. The minimum absolute atomic E-state index is 0.146. The van der Waals surface area contributed by atoms with E-state index < -0.39 is 5.97 Å². The van der Waals surface area contributed by atoms with E-state index in [0.717, 1.165) is 34.4 Å². The number of carboxylic acid groups (broad SMARTS) is 1. The minimum Gasteiger partial charge on any atom is -0.481 e. The van der Waals surface area contributed by atoms with Gasteiger partial charge in [-0.2, -0.15) is 0 Å². The van der Waals surface area contributed by atoms with Gasteiger partial charge in [-0.15, -0.1) is 0 Å². The van der Waals surface area contributed by atoms with Gasteiger partial charge in [0.25, 0.3) is 0 Å². The Labute approximate surface area is 100 Å². The average molecular weight is 250 g/mol. The number of aliphatic carboxylic acids is 1. The fourth-order valence-electron chi connectivity index (χ4n) is 2.21. The number of fused-ring (bicyclic) bond motifs is 1. The topological polar surface area (TPSA) is 67.5 Å². The maximum atomic E-state index is 11.1. The molecule has 1 heterocycles. The molecule has 1 saturated carbocycles. The second-order valence-corrected chi connectivity index (χ2v) is 5.44. The van der Waals surface area contributed by atoms with E-state index >= 15 is 0 Å². The maximum absolute atomic E-state index is 11.1. The van der Waals surface area contributed by atoms with E-state index in [4.69, 9.17) is 9.52 Å². The van der Waals surface area contributed by atoms with Crippen molar-refractivity contribution < 1.29 is 14.3 Å². The van der Waals surface area contributed by atoms with Crippen LogP contribution < -0.4 is 4.94 Å². The third kappa shape index (κ3) is 1.76. The van der Waals surface area contributed by atoms with E-state index in [1.54, 1.807) is 0 Å². The highest BCUT2D eigenvalue weighted by atomic mass is 32.1. The molecule has 2 aromatic rings. The van der Waals surface area contributed by atoms with Gasteiger partial charge in [0.15, 0.2) is 0 Å². The molecule has 0 amide bonds. The quantitative estimate of drug-likeness (QED) is 0.908. The lowest BCUT2D eigenvalue weighted by Crippen LogP contribution is -2.12. The van der Waals surface area contributed by atoms with Crippen LogP contribution in [0.3, 0.4) is 0 Å². The fourth-order valence-corrected chi connectivity index (χ4v) is 2.86. The minimum atomic E-state index is -0.783. The van der Waals surface area contributed by atoms with E-state index in [1.807, 2.05) is 18.2 Å². The van der Waals surface area contributed by atoms with Gasteiger partial charge in [0.1, 0.15) is 5.58 Å². The van der Waals surface area contributed by atoms with Gasteiger partial charge >= 0.3 is 10.9 Å². The highest BCUT2D eigenvalue weighted by molar-refractivity contribution is 7.16. The molecule has 0 radical (unpaired) electrons. The number of carbonyl (C=O) groups is 1. The first-order valence-corrected chi connectivity index (χ1v) is 6.17. The molecule has 1 N–H and O–H groups in total. The van der Waals surface area contributed by atoms with Crippen LogP contribution in [0.4, 0.5) is 0 Å². The summed E-state index contributed by atoms with van der Waals surface area (Å²) >= 11 is 1.07. The summed E-state index contributed by atoms with van der Waals surface area (Å²) in [6.45, 7) is 0. The third-order valence-corrected chi connectivity index (χ3v) is 4.09. The van der Waals surface area contributed by atoms with Crippen molar-refractivity contribution >= 4 is 27.6 Å². The van der Waals surface area contributed by atoms with E-state index in [0.29, 0.717) is 5.58 Å². The van der Waals surface area contributed by atoms with Gasteiger partial charge in [-0.3, -0.25) is 4.79 Å². The highest BCUT2D eigenvalue weighted by Gasteiger charge is 2.46. The molecule has 1 aliphatic rings. The molecule has 88 valence electrons. The summed E-state index contributed by atoms with van der Waals surface area (Å²) in [5.74, 6) is -0.783.